The summed E-state index contributed by atoms with van der Waals surface area (Å²) >= 11 is 0. The van der Waals surface area contributed by atoms with Gasteiger partial charge >= 0.3 is 0 Å². The van der Waals surface area contributed by atoms with E-state index in [9.17, 15) is 9.59 Å². The fraction of sp³-hybridized carbons (Fsp3) is 0.462. The van der Waals surface area contributed by atoms with E-state index in [2.05, 4.69) is 27.2 Å². The molecule has 0 aliphatic carbocycles. The number of amides is 2. The molecule has 0 bridgehead atoms. The van der Waals surface area contributed by atoms with Gasteiger partial charge in [-0.25, -0.2) is 0 Å². The molecule has 2 fully saturated rings. The van der Waals surface area contributed by atoms with Crippen LogP contribution in [0.2, 0.25) is 0 Å². The van der Waals surface area contributed by atoms with Crippen LogP contribution in [0.25, 0.3) is 0 Å². The van der Waals surface area contributed by atoms with Crippen LogP contribution in [-0.2, 0) is 20.7 Å². The first-order chi connectivity index (χ1) is 16.6. The SMILES string of the molecule is COc1ccc2c(c1)N1CCN(CC(=O)N3CCOCC3)C[C@H]1[C@H](C(=O)Nc1ccccc1)C2. The summed E-state index contributed by atoms with van der Waals surface area (Å²) in [6, 6.07) is 15.7. The molecule has 1 N–H and O–H groups in total. The van der Waals surface area contributed by atoms with Gasteiger partial charge in [0, 0.05) is 50.2 Å². The topological polar surface area (TPSA) is 74.3 Å². The average Bonchev–Trinajstić information content (AvgIpc) is 2.88. The van der Waals surface area contributed by atoms with Crippen molar-refractivity contribution in [2.75, 3.05) is 69.8 Å². The molecule has 2 saturated heterocycles. The molecule has 3 aliphatic heterocycles. The number of carbonyl (C=O) groups is 2. The third kappa shape index (κ3) is 4.74. The highest BCUT2D eigenvalue weighted by Gasteiger charge is 2.42. The lowest BCUT2D eigenvalue weighted by Crippen LogP contribution is -2.61. The lowest BCUT2D eigenvalue weighted by atomic mass is 9.83. The number of fused-ring (bicyclic) bond motifs is 3. The average molecular weight is 465 g/mol. The predicted molar refractivity (Wildman–Crippen MR) is 130 cm³/mol. The number of hydrogen-bond acceptors (Lipinski definition) is 6. The van der Waals surface area contributed by atoms with Crippen molar-refractivity contribution in [2.45, 2.75) is 12.5 Å². The molecule has 5 rings (SSSR count). The minimum atomic E-state index is -0.220. The molecule has 34 heavy (non-hydrogen) atoms. The Labute approximate surface area is 200 Å². The van der Waals surface area contributed by atoms with Crippen LogP contribution < -0.4 is 15.0 Å². The van der Waals surface area contributed by atoms with Crippen LogP contribution in [0.1, 0.15) is 5.56 Å². The summed E-state index contributed by atoms with van der Waals surface area (Å²) in [5, 5.41) is 3.11. The largest absolute Gasteiger partial charge is 0.497 e. The third-order valence-electron chi connectivity index (χ3n) is 7.11. The van der Waals surface area contributed by atoms with Gasteiger partial charge < -0.3 is 24.6 Å². The van der Waals surface area contributed by atoms with Crippen molar-refractivity contribution in [3.05, 3.63) is 54.1 Å². The Morgan fingerprint density at radius 2 is 1.85 bits per heavy atom. The Hall–Kier alpha value is -3.10. The van der Waals surface area contributed by atoms with E-state index in [1.807, 2.05) is 41.3 Å². The monoisotopic (exact) mass is 464 g/mol. The molecule has 180 valence electrons. The Balaban J connectivity index is 1.36. The third-order valence-corrected chi connectivity index (χ3v) is 7.11. The maximum atomic E-state index is 13.5. The van der Waals surface area contributed by atoms with Crippen LogP contribution in [-0.4, -0.2) is 87.2 Å². The molecule has 2 aromatic rings. The van der Waals surface area contributed by atoms with E-state index >= 15 is 0 Å². The predicted octanol–water partition coefficient (Wildman–Crippen LogP) is 1.86. The van der Waals surface area contributed by atoms with Crippen LogP contribution in [0.5, 0.6) is 5.75 Å². The standard InChI is InChI=1S/C26H32N4O4/c1-33-21-8-7-19-15-22(26(32)27-20-5-3-2-4-6-20)24-17-28(9-10-30(24)23(19)16-21)18-25(31)29-11-13-34-14-12-29/h2-8,16,22,24H,9-15,17-18H2,1H3,(H,27,32)/t22-,24+/m1/s1. The van der Waals surface area contributed by atoms with Crippen LogP contribution in [0.4, 0.5) is 11.4 Å². The molecule has 0 radical (unpaired) electrons. The molecule has 0 saturated carbocycles. The van der Waals surface area contributed by atoms with E-state index in [4.69, 9.17) is 9.47 Å². The molecular weight excluding hydrogens is 432 g/mol. The molecule has 8 heteroatoms. The summed E-state index contributed by atoms with van der Waals surface area (Å²) < 4.78 is 10.9. The van der Waals surface area contributed by atoms with E-state index in [1.165, 1.54) is 0 Å². The highest BCUT2D eigenvalue weighted by Crippen LogP contribution is 2.38. The fourth-order valence-electron chi connectivity index (χ4n) is 5.27. The van der Waals surface area contributed by atoms with Crippen molar-refractivity contribution in [3.63, 3.8) is 0 Å². The van der Waals surface area contributed by atoms with Crippen molar-refractivity contribution in [2.24, 2.45) is 5.92 Å². The maximum absolute atomic E-state index is 13.5. The summed E-state index contributed by atoms with van der Waals surface area (Å²) in [5.41, 5.74) is 3.09. The number of anilines is 2. The van der Waals surface area contributed by atoms with E-state index in [0.29, 0.717) is 45.8 Å². The second-order valence-electron chi connectivity index (χ2n) is 9.15. The van der Waals surface area contributed by atoms with Crippen molar-refractivity contribution < 1.29 is 19.1 Å². The number of nitrogens with one attached hydrogen (secondary N) is 1. The van der Waals surface area contributed by atoms with Gasteiger partial charge in [-0.3, -0.25) is 14.5 Å². The summed E-state index contributed by atoms with van der Waals surface area (Å²) in [6.07, 6.45) is 0.657. The number of nitrogens with zero attached hydrogens (tertiary/aromatic N) is 3. The number of rotatable bonds is 5. The molecule has 2 aromatic carbocycles. The number of ether oxygens (including phenoxy) is 2. The smallest absolute Gasteiger partial charge is 0.236 e. The Morgan fingerprint density at radius 1 is 1.06 bits per heavy atom. The first-order valence-electron chi connectivity index (χ1n) is 12.0. The Bertz CT molecular complexity index is 1020. The van der Waals surface area contributed by atoms with E-state index < -0.39 is 0 Å². The normalized spacial score (nSPS) is 22.5. The first-order valence-corrected chi connectivity index (χ1v) is 12.0. The van der Waals surface area contributed by atoms with Crippen molar-refractivity contribution in [1.82, 2.24) is 9.80 Å². The minimum Gasteiger partial charge on any atom is -0.497 e. The number of morpholine rings is 1. The van der Waals surface area contributed by atoms with E-state index in [0.717, 1.165) is 35.8 Å². The zero-order valence-corrected chi connectivity index (χ0v) is 19.6. The van der Waals surface area contributed by atoms with Gasteiger partial charge in [-0.15, -0.1) is 0 Å². The van der Waals surface area contributed by atoms with Crippen molar-refractivity contribution >= 4 is 23.2 Å². The van der Waals surface area contributed by atoms with Gasteiger partial charge in [-0.2, -0.15) is 0 Å². The molecule has 0 aromatic heterocycles. The van der Waals surface area contributed by atoms with Crippen LogP contribution in [0.15, 0.2) is 48.5 Å². The molecule has 3 heterocycles. The second kappa shape index (κ2) is 10.0. The van der Waals surface area contributed by atoms with Crippen LogP contribution >= 0.6 is 0 Å². The Morgan fingerprint density at radius 3 is 2.62 bits per heavy atom. The Kier molecular flexibility index (Phi) is 6.69. The zero-order chi connectivity index (χ0) is 23.5. The second-order valence-corrected chi connectivity index (χ2v) is 9.15. The highest BCUT2D eigenvalue weighted by molar-refractivity contribution is 5.94. The lowest BCUT2D eigenvalue weighted by molar-refractivity contribution is -0.136. The van der Waals surface area contributed by atoms with Crippen LogP contribution in [0.3, 0.4) is 0 Å². The summed E-state index contributed by atoms with van der Waals surface area (Å²) in [6.45, 7) is 5.08. The van der Waals surface area contributed by atoms with Crippen LogP contribution in [0, 0.1) is 5.92 Å². The van der Waals surface area contributed by atoms with Gasteiger partial charge in [0.1, 0.15) is 5.75 Å². The van der Waals surface area contributed by atoms with Gasteiger partial charge in [0.25, 0.3) is 0 Å². The first kappa shape index (κ1) is 22.7. The molecule has 0 spiro atoms. The van der Waals surface area contributed by atoms with E-state index in [1.54, 1.807) is 7.11 Å². The lowest BCUT2D eigenvalue weighted by Gasteiger charge is -2.49. The van der Waals surface area contributed by atoms with Gasteiger partial charge in [-0.1, -0.05) is 24.3 Å². The van der Waals surface area contributed by atoms with E-state index in [-0.39, 0.29) is 23.8 Å². The molecule has 2 amide bonds. The number of para-hydroxylation sites is 1. The number of piperazine rings is 1. The van der Waals surface area contributed by atoms with Gasteiger partial charge in [0.2, 0.25) is 11.8 Å². The summed E-state index contributed by atoms with van der Waals surface area (Å²) in [5.74, 6) is 0.751. The number of carbonyl (C=O) groups excluding carboxylic acids is 2. The fourth-order valence-corrected chi connectivity index (χ4v) is 5.27. The molecule has 0 unspecified atom stereocenters. The molecule has 3 aliphatic rings. The van der Waals surface area contributed by atoms with Crippen molar-refractivity contribution in [3.8, 4) is 5.75 Å². The molecular formula is C26H32N4O4. The van der Waals surface area contributed by atoms with Crippen molar-refractivity contribution in [1.29, 1.82) is 0 Å². The van der Waals surface area contributed by atoms with Gasteiger partial charge in [0.15, 0.2) is 0 Å². The summed E-state index contributed by atoms with van der Waals surface area (Å²) in [7, 11) is 1.67. The summed E-state index contributed by atoms with van der Waals surface area (Å²) in [4.78, 5) is 32.8. The molecule has 2 atom stereocenters. The quantitative estimate of drug-likeness (QED) is 0.728. The number of methoxy groups -OCH3 is 1. The zero-order valence-electron chi connectivity index (χ0n) is 19.6. The maximum Gasteiger partial charge on any atom is 0.236 e. The van der Waals surface area contributed by atoms with Gasteiger partial charge in [-0.05, 0) is 30.2 Å². The molecule has 8 nitrogen and oxygen atoms in total. The number of benzene rings is 2. The van der Waals surface area contributed by atoms with Gasteiger partial charge in [0.05, 0.1) is 38.8 Å². The number of hydrogen-bond donors (Lipinski definition) is 1. The minimum absolute atomic E-state index is 0.0176. The highest BCUT2D eigenvalue weighted by atomic mass is 16.5.